The molecule has 1 N–H and O–H groups in total. The van der Waals surface area contributed by atoms with Gasteiger partial charge in [-0.05, 0) is 75.6 Å². The molecule has 0 atom stereocenters. The van der Waals surface area contributed by atoms with Crippen molar-refractivity contribution >= 4 is 10.9 Å². The molecule has 0 unspecified atom stereocenters. The van der Waals surface area contributed by atoms with Gasteiger partial charge in [0, 0.05) is 12.7 Å². The van der Waals surface area contributed by atoms with Crippen LogP contribution in [0.3, 0.4) is 0 Å². The number of benzene rings is 1. The number of rotatable bonds is 2. The van der Waals surface area contributed by atoms with E-state index in [1.54, 1.807) is 17.7 Å². The molecule has 140 valence electrons. The Balaban J connectivity index is 1.77. The maximum absolute atomic E-state index is 12.7. The molecule has 0 aliphatic carbocycles. The molecule has 3 aromatic rings. The molecule has 3 heterocycles. The molecule has 27 heavy (non-hydrogen) atoms. The Kier molecular flexibility index (Phi) is 4.44. The van der Waals surface area contributed by atoms with Crippen molar-refractivity contribution < 1.29 is 0 Å². The van der Waals surface area contributed by atoms with E-state index in [2.05, 4.69) is 28.0 Å². The Labute approximate surface area is 157 Å². The number of hydrogen-bond donors (Lipinski definition) is 1. The molecule has 0 spiro atoms. The van der Waals surface area contributed by atoms with Crippen LogP contribution in [0, 0.1) is 6.92 Å². The zero-order valence-corrected chi connectivity index (χ0v) is 16.0. The number of pyridine rings is 1. The summed E-state index contributed by atoms with van der Waals surface area (Å²) in [5.41, 5.74) is 2.71. The Hall–Kier alpha value is -2.73. The van der Waals surface area contributed by atoms with Crippen molar-refractivity contribution in [2.45, 2.75) is 25.7 Å². The third kappa shape index (κ3) is 3.21. The lowest BCUT2D eigenvalue weighted by Gasteiger charge is -2.29. The van der Waals surface area contributed by atoms with Crippen molar-refractivity contribution in [3.05, 3.63) is 62.3 Å². The monoisotopic (exact) mass is 364 g/mol. The maximum atomic E-state index is 12.7. The summed E-state index contributed by atoms with van der Waals surface area (Å²) in [4.78, 5) is 34.9. The number of hydrogen-bond acceptors (Lipinski definition) is 4. The fourth-order valence-corrected chi connectivity index (χ4v) is 3.79. The van der Waals surface area contributed by atoms with Gasteiger partial charge in [0.1, 0.15) is 5.82 Å². The number of nitrogens with one attached hydrogen (secondary N) is 1. The summed E-state index contributed by atoms with van der Waals surface area (Å²) in [6.07, 6.45) is 2.20. The van der Waals surface area contributed by atoms with E-state index in [1.165, 1.54) is 5.56 Å². The molecule has 0 radical (unpaired) electrons. The number of H-pyrrole nitrogens is 1. The predicted octanol–water partition coefficient (Wildman–Crippen LogP) is 2.41. The molecule has 2 aromatic heterocycles. The van der Waals surface area contributed by atoms with Crippen LogP contribution in [0.25, 0.3) is 22.3 Å². The van der Waals surface area contributed by atoms with Crippen LogP contribution in [0.5, 0.6) is 0 Å². The van der Waals surface area contributed by atoms with Crippen molar-refractivity contribution in [1.29, 1.82) is 0 Å². The highest BCUT2D eigenvalue weighted by molar-refractivity contribution is 5.80. The first-order chi connectivity index (χ1) is 12.9. The van der Waals surface area contributed by atoms with Gasteiger partial charge in [-0.1, -0.05) is 6.07 Å². The molecule has 1 aliphatic rings. The van der Waals surface area contributed by atoms with E-state index in [9.17, 15) is 9.59 Å². The van der Waals surface area contributed by atoms with Crippen molar-refractivity contribution in [2.75, 3.05) is 20.1 Å². The normalized spacial score (nSPS) is 16.1. The quantitative estimate of drug-likeness (QED) is 0.758. The fourth-order valence-electron chi connectivity index (χ4n) is 3.79. The van der Waals surface area contributed by atoms with E-state index in [-0.39, 0.29) is 11.1 Å². The third-order valence-corrected chi connectivity index (χ3v) is 5.73. The predicted molar refractivity (Wildman–Crippen MR) is 107 cm³/mol. The van der Waals surface area contributed by atoms with Crippen LogP contribution in [0.4, 0.5) is 0 Å². The average molecular weight is 364 g/mol. The third-order valence-electron chi connectivity index (χ3n) is 5.73. The van der Waals surface area contributed by atoms with E-state index in [1.807, 2.05) is 25.1 Å². The van der Waals surface area contributed by atoms with Crippen molar-refractivity contribution in [3.63, 3.8) is 0 Å². The molecule has 0 bridgehead atoms. The van der Waals surface area contributed by atoms with E-state index >= 15 is 0 Å². The summed E-state index contributed by atoms with van der Waals surface area (Å²) in [5, 5.41) is 0.583. The number of aryl methyl sites for hydroxylation is 1. The summed E-state index contributed by atoms with van der Waals surface area (Å²) >= 11 is 0. The van der Waals surface area contributed by atoms with Crippen molar-refractivity contribution in [1.82, 2.24) is 19.4 Å². The van der Waals surface area contributed by atoms with Gasteiger partial charge in [0.05, 0.1) is 16.5 Å². The molecule has 1 fully saturated rings. The van der Waals surface area contributed by atoms with Gasteiger partial charge in [0.2, 0.25) is 0 Å². The number of aromatic nitrogens is 3. The summed E-state index contributed by atoms with van der Waals surface area (Å²) in [6, 6.07) is 9.51. The van der Waals surface area contributed by atoms with Crippen molar-refractivity contribution in [2.24, 2.45) is 7.05 Å². The molecular weight excluding hydrogens is 340 g/mol. The molecule has 4 rings (SSSR count). The Morgan fingerprint density at radius 3 is 2.56 bits per heavy atom. The molecule has 1 saturated heterocycles. The van der Waals surface area contributed by atoms with Gasteiger partial charge in [0.25, 0.3) is 11.1 Å². The van der Waals surface area contributed by atoms with E-state index in [0.717, 1.165) is 31.6 Å². The molecular formula is C21H24N4O2. The van der Waals surface area contributed by atoms with Gasteiger partial charge in [-0.3, -0.25) is 9.59 Å². The van der Waals surface area contributed by atoms with Gasteiger partial charge in [-0.25, -0.2) is 4.98 Å². The highest BCUT2D eigenvalue weighted by Gasteiger charge is 2.19. The molecule has 0 saturated carbocycles. The van der Waals surface area contributed by atoms with Gasteiger partial charge >= 0.3 is 0 Å². The second kappa shape index (κ2) is 6.78. The van der Waals surface area contributed by atoms with Gasteiger partial charge in [-0.2, -0.15) is 0 Å². The summed E-state index contributed by atoms with van der Waals surface area (Å²) in [6.45, 7) is 4.02. The topological polar surface area (TPSA) is 71.0 Å². The minimum Gasteiger partial charge on any atom is -0.315 e. The lowest BCUT2D eigenvalue weighted by molar-refractivity contribution is 0.255. The lowest BCUT2D eigenvalue weighted by atomic mass is 9.89. The molecule has 1 aliphatic heterocycles. The number of fused-ring (bicyclic) bond motifs is 1. The van der Waals surface area contributed by atoms with E-state index < -0.39 is 0 Å². The van der Waals surface area contributed by atoms with Crippen LogP contribution in [-0.4, -0.2) is 39.6 Å². The SMILES string of the molecule is Cc1ccc(-c2nc3ccc(C4CCN(C)CC4)cc3c(=O)[nH]2)c(=O)n1C. The lowest BCUT2D eigenvalue weighted by Crippen LogP contribution is -2.29. The van der Waals surface area contributed by atoms with Crippen LogP contribution < -0.4 is 11.1 Å². The molecule has 0 amide bonds. The summed E-state index contributed by atoms with van der Waals surface area (Å²) in [5.74, 6) is 0.800. The summed E-state index contributed by atoms with van der Waals surface area (Å²) in [7, 11) is 3.86. The van der Waals surface area contributed by atoms with Crippen LogP contribution in [0.15, 0.2) is 39.9 Å². The zero-order valence-electron chi connectivity index (χ0n) is 16.0. The highest BCUT2D eigenvalue weighted by Crippen LogP contribution is 2.29. The van der Waals surface area contributed by atoms with Gasteiger partial charge in [-0.15, -0.1) is 0 Å². The molecule has 6 heteroatoms. The summed E-state index contributed by atoms with van der Waals surface area (Å²) < 4.78 is 1.56. The van der Waals surface area contributed by atoms with Crippen LogP contribution in [0.2, 0.25) is 0 Å². The highest BCUT2D eigenvalue weighted by atomic mass is 16.1. The number of piperidine rings is 1. The molecule has 1 aromatic carbocycles. The van der Waals surface area contributed by atoms with E-state index in [4.69, 9.17) is 0 Å². The van der Waals surface area contributed by atoms with Gasteiger partial charge < -0.3 is 14.5 Å². The zero-order chi connectivity index (χ0) is 19.1. The van der Waals surface area contributed by atoms with Crippen LogP contribution >= 0.6 is 0 Å². The first-order valence-electron chi connectivity index (χ1n) is 9.33. The smallest absolute Gasteiger partial charge is 0.261 e. The minimum absolute atomic E-state index is 0.166. The van der Waals surface area contributed by atoms with Crippen LogP contribution in [-0.2, 0) is 7.05 Å². The molecule has 6 nitrogen and oxygen atoms in total. The fraction of sp³-hybridized carbons (Fsp3) is 0.381. The average Bonchev–Trinajstić information content (AvgIpc) is 2.66. The van der Waals surface area contributed by atoms with Crippen LogP contribution in [0.1, 0.15) is 30.0 Å². The maximum Gasteiger partial charge on any atom is 0.261 e. The minimum atomic E-state index is -0.201. The second-order valence-corrected chi connectivity index (χ2v) is 7.52. The Morgan fingerprint density at radius 1 is 1.07 bits per heavy atom. The standard InChI is InChI=1S/C21H24N4O2/c1-13-4-6-16(21(27)25(13)3)19-22-18-7-5-15(12-17(18)20(26)23-19)14-8-10-24(2)11-9-14/h4-7,12,14H,8-11H2,1-3H3,(H,22,23,26). The number of likely N-dealkylation sites (tertiary alicyclic amines) is 1. The first kappa shape index (κ1) is 17.7. The Morgan fingerprint density at radius 2 is 1.81 bits per heavy atom. The Bertz CT molecular complexity index is 1120. The largest absolute Gasteiger partial charge is 0.315 e. The first-order valence-corrected chi connectivity index (χ1v) is 9.33. The number of nitrogens with zero attached hydrogens (tertiary/aromatic N) is 3. The van der Waals surface area contributed by atoms with Crippen molar-refractivity contribution in [3.8, 4) is 11.4 Å². The van der Waals surface area contributed by atoms with Gasteiger partial charge in [0.15, 0.2) is 0 Å². The second-order valence-electron chi connectivity index (χ2n) is 7.52. The van der Waals surface area contributed by atoms with E-state index in [0.29, 0.717) is 28.2 Å². The number of aromatic amines is 1.